The summed E-state index contributed by atoms with van der Waals surface area (Å²) in [6.07, 6.45) is 1.37. The minimum atomic E-state index is -0.961. The van der Waals surface area contributed by atoms with Gasteiger partial charge in [-0.3, -0.25) is 4.79 Å². The van der Waals surface area contributed by atoms with Gasteiger partial charge < -0.3 is 25.2 Å². The molecular formula is C18H32N2O4. The van der Waals surface area contributed by atoms with Crippen LogP contribution < -0.4 is 5.32 Å². The van der Waals surface area contributed by atoms with Gasteiger partial charge in [-0.1, -0.05) is 11.6 Å². The van der Waals surface area contributed by atoms with E-state index in [1.807, 2.05) is 6.92 Å². The van der Waals surface area contributed by atoms with E-state index in [1.54, 1.807) is 4.90 Å². The summed E-state index contributed by atoms with van der Waals surface area (Å²) in [5.41, 5.74) is 0.895. The van der Waals surface area contributed by atoms with Gasteiger partial charge in [-0.05, 0) is 41.0 Å². The lowest BCUT2D eigenvalue weighted by Crippen LogP contribution is -2.58. The van der Waals surface area contributed by atoms with E-state index in [9.17, 15) is 15.0 Å². The van der Waals surface area contributed by atoms with Gasteiger partial charge in [0.25, 0.3) is 0 Å². The molecule has 0 bridgehead atoms. The second-order valence-electron chi connectivity index (χ2n) is 8.23. The summed E-state index contributed by atoms with van der Waals surface area (Å²) in [4.78, 5) is 14.5. The van der Waals surface area contributed by atoms with Crippen LogP contribution >= 0.6 is 0 Å². The molecule has 2 rings (SSSR count). The van der Waals surface area contributed by atoms with E-state index in [1.165, 1.54) is 0 Å². The Morgan fingerprint density at radius 2 is 2.00 bits per heavy atom. The van der Waals surface area contributed by atoms with Gasteiger partial charge >= 0.3 is 0 Å². The number of carbonyl (C=O) groups is 1. The quantitative estimate of drug-likeness (QED) is 0.660. The Morgan fingerprint density at radius 3 is 2.58 bits per heavy atom. The number of aliphatic hydroxyl groups excluding tert-OH is 2. The van der Waals surface area contributed by atoms with Gasteiger partial charge in [0.1, 0.15) is 12.2 Å². The van der Waals surface area contributed by atoms with E-state index in [4.69, 9.17) is 4.74 Å². The highest BCUT2D eigenvalue weighted by Gasteiger charge is 2.38. The van der Waals surface area contributed by atoms with Crippen molar-refractivity contribution in [1.29, 1.82) is 0 Å². The van der Waals surface area contributed by atoms with E-state index < -0.39 is 18.2 Å². The van der Waals surface area contributed by atoms with E-state index in [2.05, 4.69) is 39.1 Å². The molecule has 2 aliphatic heterocycles. The maximum Gasteiger partial charge on any atom is 0.227 e. The van der Waals surface area contributed by atoms with Crippen LogP contribution in [-0.4, -0.2) is 70.1 Å². The zero-order valence-corrected chi connectivity index (χ0v) is 15.5. The topological polar surface area (TPSA) is 82.0 Å². The largest absolute Gasteiger partial charge is 0.388 e. The van der Waals surface area contributed by atoms with Gasteiger partial charge in [0, 0.05) is 24.0 Å². The van der Waals surface area contributed by atoms with E-state index in [0.29, 0.717) is 13.0 Å². The molecule has 0 saturated carbocycles. The van der Waals surface area contributed by atoms with E-state index in [0.717, 1.165) is 12.0 Å². The van der Waals surface area contributed by atoms with Crippen LogP contribution in [0.15, 0.2) is 11.6 Å². The lowest BCUT2D eigenvalue weighted by molar-refractivity contribution is -0.155. The first-order valence-corrected chi connectivity index (χ1v) is 8.78. The van der Waals surface area contributed by atoms with Crippen LogP contribution in [0.25, 0.3) is 0 Å². The molecule has 2 heterocycles. The van der Waals surface area contributed by atoms with Crippen LogP contribution in [0.3, 0.4) is 0 Å². The third-order valence-corrected chi connectivity index (χ3v) is 4.70. The minimum absolute atomic E-state index is 0.0287. The highest BCUT2D eigenvalue weighted by atomic mass is 16.5. The van der Waals surface area contributed by atoms with Crippen LogP contribution in [0.4, 0.5) is 0 Å². The monoisotopic (exact) mass is 340 g/mol. The molecule has 0 aromatic rings. The van der Waals surface area contributed by atoms with E-state index >= 15 is 0 Å². The second kappa shape index (κ2) is 7.12. The van der Waals surface area contributed by atoms with Gasteiger partial charge in [0.2, 0.25) is 5.91 Å². The molecular weight excluding hydrogens is 308 g/mol. The van der Waals surface area contributed by atoms with Crippen molar-refractivity contribution in [3.05, 3.63) is 11.6 Å². The molecule has 3 N–H and O–H groups in total. The summed E-state index contributed by atoms with van der Waals surface area (Å²) in [6, 6.07) is -0.491. The average Bonchev–Trinajstić information content (AvgIpc) is 2.40. The smallest absolute Gasteiger partial charge is 0.227 e. The Kier molecular flexibility index (Phi) is 5.75. The maximum atomic E-state index is 12.8. The molecule has 0 aromatic carbocycles. The third kappa shape index (κ3) is 4.57. The molecule has 1 amide bonds. The normalized spacial score (nSPS) is 32.1. The van der Waals surface area contributed by atoms with Crippen molar-refractivity contribution < 1.29 is 19.7 Å². The van der Waals surface area contributed by atoms with Crippen molar-refractivity contribution in [1.82, 2.24) is 10.2 Å². The molecule has 2 aliphatic rings. The van der Waals surface area contributed by atoms with Crippen molar-refractivity contribution in [2.45, 2.75) is 76.8 Å². The Hall–Kier alpha value is -0.950. The number of likely N-dealkylation sites (N-methyl/N-ethyl adjacent to an activating group) is 1. The Balaban J connectivity index is 2.10. The molecule has 6 heteroatoms. The zero-order chi connectivity index (χ0) is 18.1. The molecule has 1 fully saturated rings. The summed E-state index contributed by atoms with van der Waals surface area (Å²) in [6.45, 7) is 11.2. The van der Waals surface area contributed by atoms with Crippen molar-refractivity contribution in [3.63, 3.8) is 0 Å². The molecule has 24 heavy (non-hydrogen) atoms. The molecule has 0 spiro atoms. The predicted octanol–water partition coefficient (Wildman–Crippen LogP) is 0.823. The lowest BCUT2D eigenvalue weighted by Gasteiger charge is -2.42. The Bertz CT molecular complexity index is 501. The molecule has 138 valence electrons. The highest BCUT2D eigenvalue weighted by Crippen LogP contribution is 2.30. The number of nitrogens with zero attached hydrogens (tertiary/aromatic N) is 1. The van der Waals surface area contributed by atoms with Crippen molar-refractivity contribution in [2.75, 3.05) is 19.8 Å². The lowest BCUT2D eigenvalue weighted by atomic mass is 9.82. The number of aliphatic hydroxyl groups is 2. The predicted molar refractivity (Wildman–Crippen MR) is 92.6 cm³/mol. The van der Waals surface area contributed by atoms with Crippen molar-refractivity contribution >= 4 is 5.91 Å². The Morgan fingerprint density at radius 1 is 1.33 bits per heavy atom. The van der Waals surface area contributed by atoms with Gasteiger partial charge in [0.15, 0.2) is 0 Å². The fourth-order valence-electron chi connectivity index (χ4n) is 4.12. The number of hydrogen-bond donors (Lipinski definition) is 3. The summed E-state index contributed by atoms with van der Waals surface area (Å²) in [5, 5.41) is 23.6. The third-order valence-electron chi connectivity index (χ3n) is 4.70. The first-order valence-electron chi connectivity index (χ1n) is 8.78. The summed E-state index contributed by atoms with van der Waals surface area (Å²) >= 11 is 0. The number of carbonyl (C=O) groups excluding carboxylic acids is 1. The number of ether oxygens (including phenoxy) is 1. The number of nitrogens with one attached hydrogen (secondary N) is 1. The molecule has 0 unspecified atom stereocenters. The number of amides is 1. The second-order valence-corrected chi connectivity index (χ2v) is 8.23. The molecule has 0 aliphatic carbocycles. The highest BCUT2D eigenvalue weighted by molar-refractivity contribution is 5.79. The summed E-state index contributed by atoms with van der Waals surface area (Å²) in [5.74, 6) is -0.0287. The van der Waals surface area contributed by atoms with Crippen LogP contribution in [-0.2, 0) is 9.53 Å². The van der Waals surface area contributed by atoms with Crippen LogP contribution in [0.5, 0.6) is 0 Å². The molecule has 0 aromatic heterocycles. The molecule has 1 saturated heterocycles. The SMILES string of the molecule is CCN(C(=O)CC1=CC(C)(C)NC(C)(C)C1)[C@@H]1COC[C@@H](O)[C@H]1O. The van der Waals surface area contributed by atoms with Gasteiger partial charge in [-0.15, -0.1) is 0 Å². The Labute approximate surface area is 144 Å². The zero-order valence-electron chi connectivity index (χ0n) is 15.5. The molecule has 6 nitrogen and oxygen atoms in total. The van der Waals surface area contributed by atoms with E-state index in [-0.39, 0.29) is 30.2 Å². The summed E-state index contributed by atoms with van der Waals surface area (Å²) in [7, 11) is 0. The van der Waals surface area contributed by atoms with Gasteiger partial charge in [-0.2, -0.15) is 0 Å². The maximum absolute atomic E-state index is 12.8. The van der Waals surface area contributed by atoms with Crippen molar-refractivity contribution in [2.24, 2.45) is 0 Å². The van der Waals surface area contributed by atoms with Crippen LogP contribution in [0.2, 0.25) is 0 Å². The molecule has 0 radical (unpaired) electrons. The average molecular weight is 340 g/mol. The van der Waals surface area contributed by atoms with Gasteiger partial charge in [0.05, 0.1) is 19.3 Å². The molecule has 3 atom stereocenters. The minimum Gasteiger partial charge on any atom is -0.388 e. The summed E-state index contributed by atoms with van der Waals surface area (Å²) < 4.78 is 5.33. The fraction of sp³-hybridized carbons (Fsp3) is 0.833. The first-order chi connectivity index (χ1) is 11.0. The van der Waals surface area contributed by atoms with Crippen molar-refractivity contribution in [3.8, 4) is 0 Å². The first kappa shape index (κ1) is 19.4. The van der Waals surface area contributed by atoms with Gasteiger partial charge in [-0.25, -0.2) is 0 Å². The van der Waals surface area contributed by atoms with Crippen LogP contribution in [0, 0.1) is 0 Å². The number of hydrogen-bond acceptors (Lipinski definition) is 5. The number of rotatable bonds is 4. The fourth-order valence-corrected chi connectivity index (χ4v) is 4.12. The van der Waals surface area contributed by atoms with Crippen LogP contribution in [0.1, 0.15) is 47.5 Å². The standard InChI is InChI=1S/C18H32N2O4/c1-6-20(13-10-24-11-14(21)16(13)23)15(22)7-12-8-17(2,3)19-18(4,5)9-12/h8,13-14,16,19,21,23H,6-7,9-11H2,1-5H3/t13-,14-,16+/m1/s1.